The second-order valence-electron chi connectivity index (χ2n) is 4.17. The van der Waals surface area contributed by atoms with Gasteiger partial charge in [-0.1, -0.05) is 0 Å². The fourth-order valence-corrected chi connectivity index (χ4v) is 1.55. The summed E-state index contributed by atoms with van der Waals surface area (Å²) in [6.07, 6.45) is 2.54. The van der Waals surface area contributed by atoms with Crippen LogP contribution >= 0.6 is 0 Å². The van der Waals surface area contributed by atoms with Crippen LogP contribution in [0.25, 0.3) is 0 Å². The molecular formula is C11H17N5O2. The molecule has 0 saturated heterocycles. The van der Waals surface area contributed by atoms with Crippen molar-refractivity contribution in [3.8, 4) is 0 Å². The van der Waals surface area contributed by atoms with Crippen LogP contribution in [0.1, 0.15) is 31.0 Å². The highest BCUT2D eigenvalue weighted by Crippen LogP contribution is 2.38. The van der Waals surface area contributed by atoms with Crippen molar-refractivity contribution >= 4 is 17.6 Å². The van der Waals surface area contributed by atoms with Gasteiger partial charge in [-0.05, 0) is 12.8 Å². The second kappa shape index (κ2) is 5.63. The summed E-state index contributed by atoms with van der Waals surface area (Å²) in [6.45, 7) is 0.470. The number of ether oxygens (including phenoxy) is 1. The number of hydrogen-bond donors (Lipinski definition) is 3. The highest BCUT2D eigenvalue weighted by atomic mass is 16.5. The molecule has 1 heterocycles. The number of hydrazine groups is 1. The van der Waals surface area contributed by atoms with E-state index in [4.69, 9.17) is 5.84 Å². The summed E-state index contributed by atoms with van der Waals surface area (Å²) in [5, 5.41) is 3.06. The number of hydrogen-bond acceptors (Lipinski definition) is 7. The van der Waals surface area contributed by atoms with Gasteiger partial charge < -0.3 is 15.5 Å². The minimum Gasteiger partial charge on any atom is -0.469 e. The molecule has 1 aromatic rings. The Morgan fingerprint density at radius 3 is 2.83 bits per heavy atom. The van der Waals surface area contributed by atoms with Crippen molar-refractivity contribution in [2.45, 2.75) is 25.2 Å². The van der Waals surface area contributed by atoms with Gasteiger partial charge in [0.25, 0.3) is 0 Å². The molecule has 18 heavy (non-hydrogen) atoms. The number of carbonyl (C=O) groups excluding carboxylic acids is 1. The standard InChI is InChI=1S/C11H17N5O2/c1-18-10(17)4-5-13-8-6-9(16-12)15-11(14-8)7-2-3-7/h6-7H,2-5,12H2,1H3,(H2,13,14,15,16). The summed E-state index contributed by atoms with van der Waals surface area (Å²) in [5.74, 6) is 7.60. The van der Waals surface area contributed by atoms with E-state index in [2.05, 4.69) is 25.4 Å². The normalized spacial score (nSPS) is 14.1. The van der Waals surface area contributed by atoms with E-state index in [0.717, 1.165) is 18.7 Å². The van der Waals surface area contributed by atoms with Gasteiger partial charge in [-0.2, -0.15) is 0 Å². The predicted octanol–water partition coefficient (Wildman–Crippen LogP) is 0.615. The lowest BCUT2D eigenvalue weighted by molar-refractivity contribution is -0.140. The molecule has 7 nitrogen and oxygen atoms in total. The van der Waals surface area contributed by atoms with Crippen LogP contribution in [0.15, 0.2) is 6.07 Å². The first-order chi connectivity index (χ1) is 8.72. The highest BCUT2D eigenvalue weighted by molar-refractivity contribution is 5.69. The summed E-state index contributed by atoms with van der Waals surface area (Å²) >= 11 is 0. The molecule has 1 fully saturated rings. The molecule has 1 aliphatic rings. The van der Waals surface area contributed by atoms with E-state index in [1.54, 1.807) is 6.07 Å². The number of rotatable bonds is 6. The number of carbonyl (C=O) groups is 1. The number of anilines is 2. The molecule has 7 heteroatoms. The lowest BCUT2D eigenvalue weighted by Gasteiger charge is -2.08. The number of nitrogens with zero attached hydrogens (tertiary/aromatic N) is 2. The van der Waals surface area contributed by atoms with Gasteiger partial charge in [0.15, 0.2) is 0 Å². The molecule has 2 rings (SSSR count). The third-order valence-corrected chi connectivity index (χ3v) is 2.70. The maximum Gasteiger partial charge on any atom is 0.307 e. The first-order valence-electron chi connectivity index (χ1n) is 5.89. The molecular weight excluding hydrogens is 234 g/mol. The van der Waals surface area contributed by atoms with Gasteiger partial charge in [0.1, 0.15) is 17.5 Å². The summed E-state index contributed by atoms with van der Waals surface area (Å²) in [4.78, 5) is 19.7. The van der Waals surface area contributed by atoms with Crippen molar-refractivity contribution in [2.75, 3.05) is 24.4 Å². The van der Waals surface area contributed by atoms with Gasteiger partial charge in [0, 0.05) is 18.5 Å². The van der Waals surface area contributed by atoms with Gasteiger partial charge in [0.2, 0.25) is 0 Å². The third-order valence-electron chi connectivity index (χ3n) is 2.70. The molecule has 1 aromatic heterocycles. The van der Waals surface area contributed by atoms with Crippen LogP contribution in [-0.4, -0.2) is 29.6 Å². The van der Waals surface area contributed by atoms with Gasteiger partial charge in [-0.3, -0.25) is 4.79 Å². The molecule has 0 aliphatic heterocycles. The smallest absolute Gasteiger partial charge is 0.307 e. The SMILES string of the molecule is COC(=O)CCNc1cc(NN)nc(C2CC2)n1. The molecule has 98 valence electrons. The molecule has 1 saturated carbocycles. The molecule has 0 aromatic carbocycles. The van der Waals surface area contributed by atoms with E-state index >= 15 is 0 Å². The summed E-state index contributed by atoms with van der Waals surface area (Å²) in [6, 6.07) is 1.71. The van der Waals surface area contributed by atoms with Crippen LogP contribution in [0.5, 0.6) is 0 Å². The predicted molar refractivity (Wildman–Crippen MR) is 66.9 cm³/mol. The van der Waals surface area contributed by atoms with E-state index in [0.29, 0.717) is 30.5 Å². The molecule has 0 unspecified atom stereocenters. The van der Waals surface area contributed by atoms with Crippen molar-refractivity contribution in [3.63, 3.8) is 0 Å². The van der Waals surface area contributed by atoms with Crippen LogP contribution in [0.2, 0.25) is 0 Å². The van der Waals surface area contributed by atoms with Crippen LogP contribution in [-0.2, 0) is 9.53 Å². The average Bonchev–Trinajstić information content (AvgIpc) is 3.22. The molecule has 0 bridgehead atoms. The zero-order chi connectivity index (χ0) is 13.0. The lowest BCUT2D eigenvalue weighted by atomic mass is 10.3. The quantitative estimate of drug-likeness (QED) is 0.387. The number of methoxy groups -OCH3 is 1. The van der Waals surface area contributed by atoms with Gasteiger partial charge in [0.05, 0.1) is 13.5 Å². The Balaban J connectivity index is 1.98. The summed E-state index contributed by atoms with van der Waals surface area (Å²) in [7, 11) is 1.37. The maximum atomic E-state index is 11.0. The molecule has 0 atom stereocenters. The molecule has 0 spiro atoms. The minimum absolute atomic E-state index is 0.254. The first-order valence-corrected chi connectivity index (χ1v) is 5.89. The van der Waals surface area contributed by atoms with E-state index in [1.807, 2.05) is 0 Å². The molecule has 0 radical (unpaired) electrons. The van der Waals surface area contributed by atoms with E-state index < -0.39 is 0 Å². The van der Waals surface area contributed by atoms with Crippen LogP contribution in [0.4, 0.5) is 11.6 Å². The van der Waals surface area contributed by atoms with Crippen LogP contribution < -0.4 is 16.6 Å². The van der Waals surface area contributed by atoms with Crippen molar-refractivity contribution in [1.29, 1.82) is 0 Å². The van der Waals surface area contributed by atoms with E-state index in [-0.39, 0.29) is 5.97 Å². The number of nitrogens with two attached hydrogens (primary N) is 1. The van der Waals surface area contributed by atoms with Gasteiger partial charge in [-0.15, -0.1) is 0 Å². The largest absolute Gasteiger partial charge is 0.469 e. The first kappa shape index (κ1) is 12.6. The second-order valence-corrected chi connectivity index (χ2v) is 4.17. The zero-order valence-corrected chi connectivity index (χ0v) is 10.3. The molecule has 1 aliphatic carbocycles. The Hall–Kier alpha value is -1.89. The fraction of sp³-hybridized carbons (Fsp3) is 0.545. The number of aromatic nitrogens is 2. The van der Waals surface area contributed by atoms with Crippen LogP contribution in [0, 0.1) is 0 Å². The number of esters is 1. The summed E-state index contributed by atoms with van der Waals surface area (Å²) < 4.78 is 4.56. The minimum atomic E-state index is -0.254. The topological polar surface area (TPSA) is 102 Å². The average molecular weight is 251 g/mol. The number of nitrogens with one attached hydrogen (secondary N) is 2. The zero-order valence-electron chi connectivity index (χ0n) is 10.3. The third kappa shape index (κ3) is 3.30. The van der Waals surface area contributed by atoms with Gasteiger partial charge >= 0.3 is 5.97 Å². The fourth-order valence-electron chi connectivity index (χ4n) is 1.55. The molecule has 4 N–H and O–H groups in total. The Morgan fingerprint density at radius 1 is 1.50 bits per heavy atom. The van der Waals surface area contributed by atoms with Crippen molar-refractivity contribution < 1.29 is 9.53 Å². The maximum absolute atomic E-state index is 11.0. The Bertz CT molecular complexity index is 433. The Labute approximate surface area is 105 Å². The van der Waals surface area contributed by atoms with Crippen molar-refractivity contribution in [3.05, 3.63) is 11.9 Å². The summed E-state index contributed by atoms with van der Waals surface area (Å²) in [5.41, 5.74) is 2.52. The Morgan fingerprint density at radius 2 is 2.22 bits per heavy atom. The monoisotopic (exact) mass is 251 g/mol. The number of nitrogen functional groups attached to an aromatic ring is 1. The molecule has 0 amide bonds. The van der Waals surface area contributed by atoms with Crippen molar-refractivity contribution in [2.24, 2.45) is 5.84 Å². The van der Waals surface area contributed by atoms with E-state index in [9.17, 15) is 4.79 Å². The van der Waals surface area contributed by atoms with Crippen molar-refractivity contribution in [1.82, 2.24) is 9.97 Å². The highest BCUT2D eigenvalue weighted by Gasteiger charge is 2.27. The van der Waals surface area contributed by atoms with Crippen LogP contribution in [0.3, 0.4) is 0 Å². The van der Waals surface area contributed by atoms with E-state index in [1.165, 1.54) is 7.11 Å². The Kier molecular flexibility index (Phi) is 3.93. The lowest BCUT2D eigenvalue weighted by Crippen LogP contribution is -2.14. The van der Waals surface area contributed by atoms with Gasteiger partial charge in [-0.25, -0.2) is 15.8 Å².